The molecule has 2 atom stereocenters. The Balaban J connectivity index is 1.75. The van der Waals surface area contributed by atoms with Gasteiger partial charge < -0.3 is 20.9 Å². The molecule has 1 aliphatic rings. The number of aromatic nitrogens is 1. The number of hydrogen-bond donors (Lipinski definition) is 2. The summed E-state index contributed by atoms with van der Waals surface area (Å²) in [5, 5.41) is 3.70. The first-order valence-corrected chi connectivity index (χ1v) is 12.2. The van der Waals surface area contributed by atoms with Crippen LogP contribution in [0.2, 0.25) is 0 Å². The minimum absolute atomic E-state index is 0.0424. The van der Waals surface area contributed by atoms with Crippen LogP contribution in [0.3, 0.4) is 0 Å². The molecule has 0 saturated heterocycles. The molecular weight excluding hydrogens is 441 g/mol. The minimum atomic E-state index is -0.256. The molecule has 0 saturated carbocycles. The predicted molar refractivity (Wildman–Crippen MR) is 139 cm³/mol. The van der Waals surface area contributed by atoms with Crippen molar-refractivity contribution in [3.05, 3.63) is 89.5 Å². The summed E-state index contributed by atoms with van der Waals surface area (Å²) in [4.78, 5) is 22.0. The third-order valence-electron chi connectivity index (χ3n) is 6.50. The zero-order valence-corrected chi connectivity index (χ0v) is 20.6. The van der Waals surface area contributed by atoms with Gasteiger partial charge in [0, 0.05) is 31.0 Å². The van der Waals surface area contributed by atoms with Gasteiger partial charge in [0.15, 0.2) is 0 Å². The smallest absolute Gasteiger partial charge is 0.254 e. The van der Waals surface area contributed by atoms with E-state index in [4.69, 9.17) is 5.73 Å². The Bertz CT molecular complexity index is 1150. The van der Waals surface area contributed by atoms with E-state index >= 15 is 0 Å². The second-order valence-corrected chi connectivity index (χ2v) is 9.48. The lowest BCUT2D eigenvalue weighted by Gasteiger charge is -2.42. The Morgan fingerprint density at radius 3 is 2.63 bits per heavy atom. The maximum atomic E-state index is 14.0. The van der Waals surface area contributed by atoms with Crippen LogP contribution in [-0.4, -0.2) is 41.1 Å². The largest absolute Gasteiger partial charge is 0.362 e. The number of fused-ring (bicyclic) bond motifs is 1. The zero-order chi connectivity index (χ0) is 24.9. The van der Waals surface area contributed by atoms with Crippen molar-refractivity contribution in [2.24, 2.45) is 11.7 Å². The van der Waals surface area contributed by atoms with Gasteiger partial charge in [-0.25, -0.2) is 4.39 Å². The molecule has 2 heterocycles. The molecule has 3 N–H and O–H groups in total. The number of hydrogen-bond acceptors (Lipinski definition) is 5. The number of aryl methyl sites for hydroxylation is 1. The molecule has 0 bridgehead atoms. The van der Waals surface area contributed by atoms with Crippen molar-refractivity contribution in [3.8, 4) is 0 Å². The average molecular weight is 476 g/mol. The van der Waals surface area contributed by atoms with E-state index in [9.17, 15) is 9.18 Å². The van der Waals surface area contributed by atoms with Crippen molar-refractivity contribution < 1.29 is 9.18 Å². The second kappa shape index (κ2) is 10.9. The maximum absolute atomic E-state index is 14.0. The molecule has 4 rings (SSSR count). The van der Waals surface area contributed by atoms with Crippen LogP contribution in [-0.2, 0) is 6.54 Å². The second-order valence-electron chi connectivity index (χ2n) is 9.48. The number of amides is 1. The molecule has 7 heteroatoms. The van der Waals surface area contributed by atoms with E-state index in [0.29, 0.717) is 31.6 Å². The van der Waals surface area contributed by atoms with Gasteiger partial charge in [-0.3, -0.25) is 9.78 Å². The van der Waals surface area contributed by atoms with Crippen LogP contribution in [0, 0.1) is 18.7 Å². The number of rotatable bonds is 9. The van der Waals surface area contributed by atoms with Crippen LogP contribution < -0.4 is 16.0 Å². The summed E-state index contributed by atoms with van der Waals surface area (Å²) in [5.41, 5.74) is 10.6. The number of halogens is 1. The van der Waals surface area contributed by atoms with E-state index in [1.165, 1.54) is 6.07 Å². The van der Waals surface area contributed by atoms with Crippen molar-refractivity contribution in [2.75, 3.05) is 23.3 Å². The average Bonchev–Trinajstić information content (AvgIpc) is 3.18. The minimum Gasteiger partial charge on any atom is -0.362 e. The Labute approximate surface area is 207 Å². The number of anilines is 2. The van der Waals surface area contributed by atoms with E-state index in [0.717, 1.165) is 22.5 Å². The first-order valence-electron chi connectivity index (χ1n) is 12.2. The summed E-state index contributed by atoms with van der Waals surface area (Å²) >= 11 is 0. The van der Waals surface area contributed by atoms with Gasteiger partial charge in [-0.1, -0.05) is 32.0 Å². The van der Waals surface area contributed by atoms with Gasteiger partial charge in [0.05, 0.1) is 17.4 Å². The van der Waals surface area contributed by atoms with Gasteiger partial charge in [0.2, 0.25) is 0 Å². The Hall–Kier alpha value is -3.45. The van der Waals surface area contributed by atoms with Gasteiger partial charge in [0.1, 0.15) is 12.0 Å². The highest BCUT2D eigenvalue weighted by atomic mass is 19.1. The standard InChI is InChI=1S/C28H34FN5O/c1-19(2)26(33(15-5-12-30)28(35)22-10-13-31-14-11-22)27-32-24-16-20(3)8-9-25(24)34(27)18-21-6-4-7-23(29)17-21/h4,6-11,13-14,16-17,19,26-27,32H,5,12,15,18,30H2,1-3H3/t26-,27?/m1/s1. The summed E-state index contributed by atoms with van der Waals surface area (Å²) in [6, 6.07) is 16.3. The summed E-state index contributed by atoms with van der Waals surface area (Å²) in [5.74, 6) is -0.158. The van der Waals surface area contributed by atoms with Crippen molar-refractivity contribution in [3.63, 3.8) is 0 Å². The molecule has 184 valence electrons. The van der Waals surface area contributed by atoms with Gasteiger partial charge in [-0.05, 0) is 73.3 Å². The highest BCUT2D eigenvalue weighted by Crippen LogP contribution is 2.39. The number of nitrogens with one attached hydrogen (secondary N) is 1. The quantitative estimate of drug-likeness (QED) is 0.465. The Morgan fingerprint density at radius 1 is 1.17 bits per heavy atom. The molecular formula is C28H34FN5O. The van der Waals surface area contributed by atoms with Gasteiger partial charge in [-0.15, -0.1) is 0 Å². The Morgan fingerprint density at radius 2 is 1.94 bits per heavy atom. The fourth-order valence-electron chi connectivity index (χ4n) is 4.89. The molecule has 2 aromatic carbocycles. The molecule has 1 aromatic heterocycles. The molecule has 6 nitrogen and oxygen atoms in total. The first kappa shape index (κ1) is 24.7. The predicted octanol–water partition coefficient (Wildman–Crippen LogP) is 4.80. The number of benzene rings is 2. The normalized spacial score (nSPS) is 15.6. The third kappa shape index (κ3) is 5.46. The molecule has 0 spiro atoms. The Kier molecular flexibility index (Phi) is 7.66. The van der Waals surface area contributed by atoms with Crippen LogP contribution in [0.4, 0.5) is 15.8 Å². The SMILES string of the molecule is Cc1ccc2c(c1)NC([C@@H](C(C)C)N(CCCN)C(=O)c1ccncc1)N2Cc1cccc(F)c1. The van der Waals surface area contributed by atoms with Crippen molar-refractivity contribution >= 4 is 17.3 Å². The van der Waals surface area contributed by atoms with Gasteiger partial charge in [-0.2, -0.15) is 0 Å². The monoisotopic (exact) mass is 475 g/mol. The first-order chi connectivity index (χ1) is 16.9. The lowest BCUT2D eigenvalue weighted by Crippen LogP contribution is -2.57. The number of carbonyl (C=O) groups is 1. The van der Waals surface area contributed by atoms with E-state index in [1.807, 2.05) is 11.0 Å². The fraction of sp³-hybridized carbons (Fsp3) is 0.357. The molecule has 1 unspecified atom stereocenters. The summed E-state index contributed by atoms with van der Waals surface area (Å²) in [6.45, 7) is 7.89. The number of carbonyl (C=O) groups excluding carboxylic acids is 1. The third-order valence-corrected chi connectivity index (χ3v) is 6.50. The topological polar surface area (TPSA) is 74.5 Å². The van der Waals surface area contributed by atoms with E-state index in [2.05, 4.69) is 54.2 Å². The molecule has 1 amide bonds. The van der Waals surface area contributed by atoms with Gasteiger partial charge in [0.25, 0.3) is 5.91 Å². The summed E-state index contributed by atoms with van der Waals surface area (Å²) in [7, 11) is 0. The van der Waals surface area contributed by atoms with Crippen LogP contribution in [0.1, 0.15) is 41.8 Å². The van der Waals surface area contributed by atoms with Crippen LogP contribution in [0.25, 0.3) is 0 Å². The number of nitrogens with two attached hydrogens (primary N) is 1. The molecule has 0 aliphatic carbocycles. The fourth-order valence-corrected chi connectivity index (χ4v) is 4.89. The van der Waals surface area contributed by atoms with Crippen LogP contribution >= 0.6 is 0 Å². The molecule has 1 aliphatic heterocycles. The van der Waals surface area contributed by atoms with Crippen molar-refractivity contribution in [1.82, 2.24) is 9.88 Å². The molecule has 3 aromatic rings. The summed E-state index contributed by atoms with van der Waals surface area (Å²) < 4.78 is 14.0. The van der Waals surface area contributed by atoms with Crippen molar-refractivity contribution in [1.29, 1.82) is 0 Å². The number of pyridine rings is 1. The molecule has 0 radical (unpaired) electrons. The lowest BCUT2D eigenvalue weighted by molar-refractivity contribution is 0.0594. The van der Waals surface area contributed by atoms with E-state index in [-0.39, 0.29) is 29.8 Å². The number of nitrogens with zero attached hydrogens (tertiary/aromatic N) is 3. The van der Waals surface area contributed by atoms with E-state index in [1.54, 1.807) is 36.7 Å². The molecule has 0 fully saturated rings. The lowest BCUT2D eigenvalue weighted by atomic mass is 9.96. The van der Waals surface area contributed by atoms with E-state index < -0.39 is 0 Å². The highest BCUT2D eigenvalue weighted by Gasteiger charge is 2.41. The zero-order valence-electron chi connectivity index (χ0n) is 20.6. The van der Waals surface area contributed by atoms with Crippen LogP contribution in [0.5, 0.6) is 0 Å². The maximum Gasteiger partial charge on any atom is 0.254 e. The van der Waals surface area contributed by atoms with Crippen LogP contribution in [0.15, 0.2) is 67.0 Å². The summed E-state index contributed by atoms with van der Waals surface area (Å²) in [6.07, 6.45) is 3.78. The van der Waals surface area contributed by atoms with Crippen molar-refractivity contribution in [2.45, 2.75) is 45.9 Å². The van der Waals surface area contributed by atoms with Gasteiger partial charge >= 0.3 is 0 Å². The highest BCUT2D eigenvalue weighted by molar-refractivity contribution is 5.94. The molecule has 35 heavy (non-hydrogen) atoms.